The second kappa shape index (κ2) is 6.76. The number of carbonyl (C=O) groups excluding carboxylic acids is 1. The van der Waals surface area contributed by atoms with Crippen LogP contribution in [0.2, 0.25) is 5.02 Å². The Hall–Kier alpha value is -1.81. The highest BCUT2D eigenvalue weighted by Gasteiger charge is 2.11. The van der Waals surface area contributed by atoms with Gasteiger partial charge in [-0.1, -0.05) is 18.5 Å². The van der Waals surface area contributed by atoms with E-state index in [4.69, 9.17) is 16.3 Å². The summed E-state index contributed by atoms with van der Waals surface area (Å²) in [7, 11) is 1.42. The van der Waals surface area contributed by atoms with E-state index in [1.54, 1.807) is 17.1 Å². The lowest BCUT2D eigenvalue weighted by atomic mass is 9.95. The van der Waals surface area contributed by atoms with Gasteiger partial charge in [0.15, 0.2) is 0 Å². The molecule has 0 unspecified atom stereocenters. The summed E-state index contributed by atoms with van der Waals surface area (Å²) in [5.41, 5.74) is 4.57. The quantitative estimate of drug-likeness (QED) is 0.794. The molecule has 1 heterocycles. The molecule has 0 atom stereocenters. The van der Waals surface area contributed by atoms with E-state index < -0.39 is 0 Å². The Morgan fingerprint density at radius 1 is 1.43 bits per heavy atom. The Morgan fingerprint density at radius 2 is 2.19 bits per heavy atom. The molecular formula is C16H19ClN2O2. The molecule has 0 amide bonds. The summed E-state index contributed by atoms with van der Waals surface area (Å²) >= 11 is 5.92. The van der Waals surface area contributed by atoms with Crippen LogP contribution >= 0.6 is 11.6 Å². The van der Waals surface area contributed by atoms with Crippen LogP contribution < -0.4 is 0 Å². The van der Waals surface area contributed by atoms with Crippen molar-refractivity contribution < 1.29 is 9.53 Å². The largest absolute Gasteiger partial charge is 0.469 e. The summed E-state index contributed by atoms with van der Waals surface area (Å²) in [5, 5.41) is 4.84. The number of methoxy groups -OCH3 is 1. The van der Waals surface area contributed by atoms with Crippen molar-refractivity contribution in [2.75, 3.05) is 7.11 Å². The number of aromatic nitrogens is 2. The van der Waals surface area contributed by atoms with Crippen molar-refractivity contribution in [1.29, 1.82) is 0 Å². The standard InChI is InChI=1S/C16H19ClN2O2/c1-4-12-8-14(19-10-13(17)9-18-19)7-11(2)15(12)5-6-16(20)21-3/h7-10H,4-6H2,1-3H3. The van der Waals surface area contributed by atoms with Gasteiger partial charge in [-0.3, -0.25) is 4.79 Å². The number of nitrogens with zero attached hydrogens (tertiary/aromatic N) is 2. The van der Waals surface area contributed by atoms with Crippen LogP contribution in [-0.2, 0) is 22.4 Å². The Bertz CT molecular complexity index is 650. The fraction of sp³-hybridized carbons (Fsp3) is 0.375. The van der Waals surface area contributed by atoms with Crippen molar-refractivity contribution in [3.05, 3.63) is 46.2 Å². The number of aryl methyl sites for hydroxylation is 2. The first kappa shape index (κ1) is 15.6. The summed E-state index contributed by atoms with van der Waals surface area (Å²) < 4.78 is 6.48. The molecule has 0 aliphatic rings. The maximum atomic E-state index is 11.3. The molecule has 0 bridgehead atoms. The molecule has 0 aliphatic heterocycles. The van der Waals surface area contributed by atoms with Gasteiger partial charge < -0.3 is 4.74 Å². The molecule has 4 nitrogen and oxygen atoms in total. The van der Waals surface area contributed by atoms with Gasteiger partial charge in [0.1, 0.15) is 0 Å². The lowest BCUT2D eigenvalue weighted by Gasteiger charge is -2.14. The number of carbonyl (C=O) groups is 1. The number of hydrogen-bond donors (Lipinski definition) is 0. The molecule has 0 N–H and O–H groups in total. The zero-order valence-corrected chi connectivity index (χ0v) is 13.3. The lowest BCUT2D eigenvalue weighted by molar-refractivity contribution is -0.140. The SMILES string of the molecule is CCc1cc(-n2cc(Cl)cn2)cc(C)c1CCC(=O)OC. The fourth-order valence-electron chi connectivity index (χ4n) is 2.45. The molecule has 0 saturated carbocycles. The zero-order chi connectivity index (χ0) is 15.4. The third-order valence-electron chi connectivity index (χ3n) is 3.55. The highest BCUT2D eigenvalue weighted by Crippen LogP contribution is 2.23. The van der Waals surface area contributed by atoms with E-state index in [0.29, 0.717) is 17.9 Å². The van der Waals surface area contributed by atoms with E-state index in [2.05, 4.69) is 31.1 Å². The number of ether oxygens (including phenoxy) is 1. The summed E-state index contributed by atoms with van der Waals surface area (Å²) in [4.78, 5) is 11.3. The molecule has 0 radical (unpaired) electrons. The lowest BCUT2D eigenvalue weighted by Crippen LogP contribution is -2.06. The second-order valence-electron chi connectivity index (χ2n) is 4.93. The van der Waals surface area contributed by atoms with Crippen molar-refractivity contribution in [3.63, 3.8) is 0 Å². The molecule has 0 saturated heterocycles. The Labute approximate surface area is 129 Å². The van der Waals surface area contributed by atoms with Crippen molar-refractivity contribution in [3.8, 4) is 5.69 Å². The molecule has 0 fully saturated rings. The molecular weight excluding hydrogens is 288 g/mol. The van der Waals surface area contributed by atoms with Crippen LogP contribution in [0.4, 0.5) is 0 Å². The Balaban J connectivity index is 2.33. The van der Waals surface area contributed by atoms with Crippen LogP contribution in [0.5, 0.6) is 0 Å². The van der Waals surface area contributed by atoms with Gasteiger partial charge in [-0.2, -0.15) is 5.10 Å². The minimum Gasteiger partial charge on any atom is -0.469 e. The molecule has 5 heteroatoms. The van der Waals surface area contributed by atoms with Crippen LogP contribution in [0.25, 0.3) is 5.69 Å². The number of rotatable bonds is 5. The van der Waals surface area contributed by atoms with Crippen molar-refractivity contribution >= 4 is 17.6 Å². The van der Waals surface area contributed by atoms with Crippen molar-refractivity contribution in [2.24, 2.45) is 0 Å². The van der Waals surface area contributed by atoms with Gasteiger partial charge in [-0.15, -0.1) is 0 Å². The topological polar surface area (TPSA) is 44.1 Å². The highest BCUT2D eigenvalue weighted by molar-refractivity contribution is 6.30. The Kier molecular flexibility index (Phi) is 5.02. The first-order valence-electron chi connectivity index (χ1n) is 6.95. The number of benzene rings is 1. The molecule has 1 aromatic heterocycles. The maximum Gasteiger partial charge on any atom is 0.305 e. The fourth-order valence-corrected chi connectivity index (χ4v) is 2.58. The van der Waals surface area contributed by atoms with Gasteiger partial charge in [-0.05, 0) is 48.6 Å². The molecule has 0 aliphatic carbocycles. The molecule has 1 aromatic carbocycles. The minimum atomic E-state index is -0.181. The number of esters is 1. The van der Waals surface area contributed by atoms with E-state index in [9.17, 15) is 4.79 Å². The molecule has 2 rings (SSSR count). The molecule has 21 heavy (non-hydrogen) atoms. The normalized spacial score (nSPS) is 10.7. The van der Waals surface area contributed by atoms with Gasteiger partial charge in [0.25, 0.3) is 0 Å². The van der Waals surface area contributed by atoms with E-state index in [1.165, 1.54) is 18.2 Å². The van der Waals surface area contributed by atoms with Gasteiger partial charge in [0.2, 0.25) is 0 Å². The van der Waals surface area contributed by atoms with E-state index in [1.807, 2.05) is 0 Å². The van der Waals surface area contributed by atoms with Crippen molar-refractivity contribution in [1.82, 2.24) is 9.78 Å². The van der Waals surface area contributed by atoms with Gasteiger partial charge >= 0.3 is 5.97 Å². The predicted molar refractivity (Wildman–Crippen MR) is 83.0 cm³/mol. The van der Waals surface area contributed by atoms with Gasteiger partial charge in [-0.25, -0.2) is 4.68 Å². The number of hydrogen-bond acceptors (Lipinski definition) is 3. The predicted octanol–water partition coefficient (Wildman–Crippen LogP) is 3.50. The van der Waals surface area contributed by atoms with E-state index >= 15 is 0 Å². The summed E-state index contributed by atoms with van der Waals surface area (Å²) in [5.74, 6) is -0.181. The van der Waals surface area contributed by atoms with E-state index in [-0.39, 0.29) is 5.97 Å². The van der Waals surface area contributed by atoms with Crippen molar-refractivity contribution in [2.45, 2.75) is 33.1 Å². The summed E-state index contributed by atoms with van der Waals surface area (Å²) in [6, 6.07) is 4.16. The van der Waals surface area contributed by atoms with E-state index in [0.717, 1.165) is 17.7 Å². The second-order valence-corrected chi connectivity index (χ2v) is 5.37. The van der Waals surface area contributed by atoms with Crippen LogP contribution in [0.1, 0.15) is 30.0 Å². The summed E-state index contributed by atoms with van der Waals surface area (Å²) in [6.45, 7) is 4.16. The first-order valence-corrected chi connectivity index (χ1v) is 7.32. The van der Waals surface area contributed by atoms with Crippen LogP contribution in [-0.4, -0.2) is 22.9 Å². The zero-order valence-electron chi connectivity index (χ0n) is 12.5. The van der Waals surface area contributed by atoms with Gasteiger partial charge in [0, 0.05) is 12.6 Å². The first-order chi connectivity index (χ1) is 10.0. The molecule has 112 valence electrons. The third-order valence-corrected chi connectivity index (χ3v) is 3.75. The average molecular weight is 307 g/mol. The van der Waals surface area contributed by atoms with Crippen LogP contribution in [0.15, 0.2) is 24.5 Å². The molecule has 2 aromatic rings. The Morgan fingerprint density at radius 3 is 2.76 bits per heavy atom. The highest BCUT2D eigenvalue weighted by atomic mass is 35.5. The van der Waals surface area contributed by atoms with Crippen LogP contribution in [0.3, 0.4) is 0 Å². The maximum absolute atomic E-state index is 11.3. The monoisotopic (exact) mass is 306 g/mol. The summed E-state index contributed by atoms with van der Waals surface area (Å²) in [6.07, 6.45) is 5.40. The minimum absolute atomic E-state index is 0.181. The smallest absolute Gasteiger partial charge is 0.305 e. The average Bonchev–Trinajstić information content (AvgIpc) is 2.91. The third kappa shape index (κ3) is 3.64. The van der Waals surface area contributed by atoms with Crippen LogP contribution in [0, 0.1) is 6.92 Å². The number of halogens is 1. The van der Waals surface area contributed by atoms with Gasteiger partial charge in [0.05, 0.1) is 24.0 Å². The molecule has 0 spiro atoms.